The number of aryl methyl sites for hydroxylation is 3. The molecule has 0 spiro atoms. The molecule has 1 unspecified atom stereocenters. The first-order valence-corrected chi connectivity index (χ1v) is 12.2. The molecule has 1 N–H and O–H groups in total. The van der Waals surface area contributed by atoms with Crippen LogP contribution in [0.3, 0.4) is 0 Å². The average molecular weight is 567 g/mol. The predicted molar refractivity (Wildman–Crippen MR) is 134 cm³/mol. The Hall–Kier alpha value is -3.66. The number of phenols is 1. The van der Waals surface area contributed by atoms with Crippen molar-refractivity contribution >= 4 is 11.6 Å². The van der Waals surface area contributed by atoms with Gasteiger partial charge in [0.05, 0.1) is 21.8 Å². The van der Waals surface area contributed by atoms with E-state index in [0.717, 1.165) is 34.0 Å². The highest BCUT2D eigenvalue weighted by atomic mass is 35.5. The molecule has 11 heteroatoms. The minimum atomic E-state index is -4.78. The number of benzene rings is 3. The van der Waals surface area contributed by atoms with Gasteiger partial charge in [0.1, 0.15) is 17.6 Å². The molecule has 1 aliphatic heterocycles. The second-order valence-corrected chi connectivity index (χ2v) is 9.83. The van der Waals surface area contributed by atoms with Crippen LogP contribution in [0.25, 0.3) is 22.4 Å². The van der Waals surface area contributed by atoms with Gasteiger partial charge < -0.3 is 9.84 Å². The third-order valence-electron chi connectivity index (χ3n) is 6.72. The van der Waals surface area contributed by atoms with Crippen LogP contribution < -0.4 is 4.74 Å². The van der Waals surface area contributed by atoms with Gasteiger partial charge >= 0.3 is 12.4 Å². The predicted octanol–water partition coefficient (Wildman–Crippen LogP) is 8.53. The van der Waals surface area contributed by atoms with Crippen molar-refractivity contribution in [2.45, 2.75) is 38.2 Å². The van der Waals surface area contributed by atoms with E-state index in [1.54, 1.807) is 0 Å². The highest BCUT2D eigenvalue weighted by molar-refractivity contribution is 6.31. The standard InChI is InChI=1S/C28H21ClF6N2O2/c1-14-3-5-15(6-4-14)22-10-8-17-11-18(21-13-23(28(33,34)35)36-37(21)2)25(38)24(26(17)39-22)16-7-9-20(29)19(12-16)27(30,31)32/h3-7,9,11-13,22,38H,8,10H2,1-2H3. The van der Waals surface area contributed by atoms with Crippen LogP contribution in [-0.4, -0.2) is 14.9 Å². The Morgan fingerprint density at radius 2 is 1.67 bits per heavy atom. The topological polar surface area (TPSA) is 47.3 Å². The molecule has 0 saturated heterocycles. The Morgan fingerprint density at radius 1 is 0.974 bits per heavy atom. The van der Waals surface area contributed by atoms with Crippen molar-refractivity contribution in [2.75, 3.05) is 0 Å². The summed E-state index contributed by atoms with van der Waals surface area (Å²) in [6.07, 6.45) is -9.06. The lowest BCUT2D eigenvalue weighted by molar-refractivity contribution is -0.141. The molecule has 0 fully saturated rings. The zero-order chi connectivity index (χ0) is 28.3. The number of aromatic hydroxyl groups is 1. The lowest BCUT2D eigenvalue weighted by Crippen LogP contribution is -2.16. The summed E-state index contributed by atoms with van der Waals surface area (Å²) < 4.78 is 88.5. The second kappa shape index (κ2) is 9.51. The molecule has 39 heavy (non-hydrogen) atoms. The van der Waals surface area contributed by atoms with Crippen LogP contribution in [0.5, 0.6) is 11.5 Å². The Balaban J connectivity index is 1.73. The molecular formula is C28H21ClF6N2O2. The summed E-state index contributed by atoms with van der Waals surface area (Å²) in [4.78, 5) is 0. The number of halogens is 7. The SMILES string of the molecule is Cc1ccc(C2CCc3cc(-c4cc(C(F)(F)F)nn4C)c(O)c(-c4ccc(Cl)c(C(F)(F)F)c4)c3O2)cc1. The van der Waals surface area contributed by atoms with Crippen LogP contribution in [-0.2, 0) is 25.8 Å². The van der Waals surface area contributed by atoms with E-state index in [0.29, 0.717) is 18.4 Å². The summed E-state index contributed by atoms with van der Waals surface area (Å²) in [6, 6.07) is 13.0. The van der Waals surface area contributed by atoms with Gasteiger partial charge in [-0.15, -0.1) is 0 Å². The third kappa shape index (κ3) is 5.05. The highest BCUT2D eigenvalue weighted by Crippen LogP contribution is 2.51. The first kappa shape index (κ1) is 26.9. The summed E-state index contributed by atoms with van der Waals surface area (Å²) >= 11 is 5.83. The van der Waals surface area contributed by atoms with Crippen LogP contribution in [0.4, 0.5) is 26.3 Å². The van der Waals surface area contributed by atoms with Crippen LogP contribution in [0.1, 0.15) is 40.5 Å². The second-order valence-electron chi connectivity index (χ2n) is 9.42. The van der Waals surface area contributed by atoms with Gasteiger partial charge in [-0.3, -0.25) is 4.68 Å². The molecule has 5 rings (SSSR count). The van der Waals surface area contributed by atoms with E-state index in [2.05, 4.69) is 5.10 Å². The summed E-state index contributed by atoms with van der Waals surface area (Å²) in [6.45, 7) is 1.93. The summed E-state index contributed by atoms with van der Waals surface area (Å²) in [5.41, 5.74) is -0.0841. The fourth-order valence-electron chi connectivity index (χ4n) is 4.75. The average Bonchev–Trinajstić information content (AvgIpc) is 3.26. The van der Waals surface area contributed by atoms with Gasteiger partial charge in [0.15, 0.2) is 5.69 Å². The van der Waals surface area contributed by atoms with Crippen molar-refractivity contribution in [1.82, 2.24) is 9.78 Å². The van der Waals surface area contributed by atoms with E-state index in [1.165, 1.54) is 19.2 Å². The maximum Gasteiger partial charge on any atom is 0.435 e. The molecule has 1 aromatic heterocycles. The van der Waals surface area contributed by atoms with Crippen molar-refractivity contribution < 1.29 is 36.2 Å². The van der Waals surface area contributed by atoms with Gasteiger partial charge in [0.25, 0.3) is 0 Å². The van der Waals surface area contributed by atoms with Gasteiger partial charge in [-0.1, -0.05) is 47.5 Å². The first-order chi connectivity index (χ1) is 18.2. The van der Waals surface area contributed by atoms with Crippen molar-refractivity contribution in [3.8, 4) is 33.9 Å². The van der Waals surface area contributed by atoms with Crippen LogP contribution in [0, 0.1) is 6.92 Å². The van der Waals surface area contributed by atoms with Gasteiger partial charge in [0.2, 0.25) is 0 Å². The van der Waals surface area contributed by atoms with Crippen molar-refractivity contribution in [3.05, 3.63) is 87.6 Å². The van der Waals surface area contributed by atoms with E-state index in [4.69, 9.17) is 16.3 Å². The maximum absolute atomic E-state index is 13.7. The normalized spacial score (nSPS) is 15.7. The molecule has 1 atom stereocenters. The number of hydrogen-bond acceptors (Lipinski definition) is 3. The van der Waals surface area contributed by atoms with Crippen LogP contribution in [0.2, 0.25) is 5.02 Å². The number of rotatable bonds is 3. The number of hydrogen-bond donors (Lipinski definition) is 1. The molecule has 0 aliphatic carbocycles. The molecule has 0 amide bonds. The Morgan fingerprint density at radius 3 is 2.28 bits per heavy atom. The van der Waals surface area contributed by atoms with Crippen molar-refractivity contribution in [3.63, 3.8) is 0 Å². The quantitative estimate of drug-likeness (QED) is 0.253. The van der Waals surface area contributed by atoms with E-state index < -0.39 is 40.5 Å². The molecule has 1 aliphatic rings. The molecule has 4 aromatic rings. The molecule has 204 valence electrons. The number of ether oxygens (including phenoxy) is 1. The molecule has 0 radical (unpaired) electrons. The lowest BCUT2D eigenvalue weighted by Gasteiger charge is -2.30. The largest absolute Gasteiger partial charge is 0.506 e. The van der Waals surface area contributed by atoms with Crippen LogP contribution >= 0.6 is 11.6 Å². The number of phenolic OH excluding ortho intramolecular Hbond substituents is 1. The van der Waals surface area contributed by atoms with E-state index in [9.17, 15) is 31.4 Å². The summed E-state index contributed by atoms with van der Waals surface area (Å²) in [7, 11) is 1.29. The fourth-order valence-corrected chi connectivity index (χ4v) is 4.98. The number of nitrogens with zero attached hydrogens (tertiary/aromatic N) is 2. The molecule has 3 aromatic carbocycles. The van der Waals surface area contributed by atoms with Gasteiger partial charge in [-0.25, -0.2) is 0 Å². The van der Waals surface area contributed by atoms with Gasteiger partial charge in [0, 0.05) is 12.6 Å². The molecular weight excluding hydrogens is 546 g/mol. The number of alkyl halides is 6. The smallest absolute Gasteiger partial charge is 0.435 e. The van der Waals surface area contributed by atoms with Gasteiger partial charge in [-0.05, 0) is 60.7 Å². The fraction of sp³-hybridized carbons (Fsp3) is 0.250. The lowest BCUT2D eigenvalue weighted by atomic mass is 9.89. The minimum Gasteiger partial charge on any atom is -0.506 e. The Bertz CT molecular complexity index is 1560. The van der Waals surface area contributed by atoms with Crippen LogP contribution in [0.15, 0.2) is 54.6 Å². The Kier molecular flexibility index (Phi) is 6.57. The molecule has 2 heterocycles. The van der Waals surface area contributed by atoms with E-state index >= 15 is 0 Å². The minimum absolute atomic E-state index is 0.0184. The molecule has 0 saturated carbocycles. The van der Waals surface area contributed by atoms with E-state index in [1.807, 2.05) is 31.2 Å². The Labute approximate surface area is 224 Å². The van der Waals surface area contributed by atoms with Crippen molar-refractivity contribution in [1.29, 1.82) is 0 Å². The summed E-state index contributed by atoms with van der Waals surface area (Å²) in [5.74, 6) is -0.382. The third-order valence-corrected chi connectivity index (χ3v) is 7.05. The summed E-state index contributed by atoms with van der Waals surface area (Å²) in [5, 5.41) is 14.4. The monoisotopic (exact) mass is 566 g/mol. The number of fused-ring (bicyclic) bond motifs is 1. The van der Waals surface area contributed by atoms with E-state index in [-0.39, 0.29) is 28.1 Å². The number of aromatic nitrogens is 2. The molecule has 0 bridgehead atoms. The van der Waals surface area contributed by atoms with Crippen molar-refractivity contribution in [2.24, 2.45) is 7.05 Å². The molecule has 4 nitrogen and oxygen atoms in total. The zero-order valence-electron chi connectivity index (χ0n) is 20.6. The zero-order valence-corrected chi connectivity index (χ0v) is 21.3. The first-order valence-electron chi connectivity index (χ1n) is 11.8. The maximum atomic E-state index is 13.7. The highest BCUT2D eigenvalue weighted by Gasteiger charge is 2.37. The van der Waals surface area contributed by atoms with Gasteiger partial charge in [-0.2, -0.15) is 31.4 Å².